The Hall–Kier alpha value is -1.12. The van der Waals surface area contributed by atoms with Gasteiger partial charge < -0.3 is 5.11 Å². The Kier molecular flexibility index (Phi) is 2.86. The van der Waals surface area contributed by atoms with E-state index in [0.717, 1.165) is 0 Å². The molecule has 0 fully saturated rings. The molecule has 13 heavy (non-hydrogen) atoms. The molecule has 0 radical (unpaired) electrons. The third-order valence-corrected chi connectivity index (χ3v) is 2.08. The molecule has 0 unspecified atom stereocenters. The molecule has 0 aliphatic heterocycles. The van der Waals surface area contributed by atoms with Crippen molar-refractivity contribution in [3.63, 3.8) is 0 Å². The monoisotopic (exact) mass is 182 g/mol. The average molecular weight is 182 g/mol. The van der Waals surface area contributed by atoms with Crippen molar-refractivity contribution in [3.8, 4) is 5.88 Å². The molecule has 3 nitrogen and oxygen atoms in total. The summed E-state index contributed by atoms with van der Waals surface area (Å²) in [4.78, 5) is 0. The maximum absolute atomic E-state index is 9.65. The van der Waals surface area contributed by atoms with E-state index in [-0.39, 0.29) is 0 Å². The number of hydrogen-bond acceptors (Lipinski definition) is 1. The Bertz CT molecular complexity index is 295. The highest BCUT2D eigenvalue weighted by molar-refractivity contribution is 4.84. The van der Waals surface area contributed by atoms with Crippen LogP contribution in [0.25, 0.3) is 0 Å². The largest absolute Gasteiger partial charge is 0.455 e. The van der Waals surface area contributed by atoms with Crippen molar-refractivity contribution in [1.29, 1.82) is 0 Å². The molecule has 0 aliphatic carbocycles. The molecule has 1 rings (SSSR count). The summed E-state index contributed by atoms with van der Waals surface area (Å²) in [5.74, 6) is 0.311. The second-order valence-corrected chi connectivity index (χ2v) is 3.83. The van der Waals surface area contributed by atoms with Gasteiger partial charge in [-0.3, -0.25) is 0 Å². The molecule has 0 amide bonds. The lowest BCUT2D eigenvalue weighted by molar-refractivity contribution is -0.771. The fraction of sp³-hybridized carbons (Fsp3) is 0.600. The van der Waals surface area contributed by atoms with Gasteiger partial charge in [-0.15, -0.1) is 0 Å². The van der Waals surface area contributed by atoms with E-state index in [0.29, 0.717) is 18.0 Å². The first-order valence-electron chi connectivity index (χ1n) is 4.67. The lowest BCUT2D eigenvalue weighted by Gasteiger charge is -2.02. The molecule has 72 valence electrons. The third kappa shape index (κ3) is 2.17. The zero-order chi connectivity index (χ0) is 10.0. The van der Waals surface area contributed by atoms with E-state index in [9.17, 15) is 5.11 Å². The lowest BCUT2D eigenvalue weighted by atomic mass is 10.3. The summed E-state index contributed by atoms with van der Waals surface area (Å²) in [6.07, 6.45) is 5.63. The van der Waals surface area contributed by atoms with Gasteiger partial charge in [0.2, 0.25) is 12.4 Å². The first kappa shape index (κ1) is 9.96. The average Bonchev–Trinajstić information content (AvgIpc) is 2.03. The van der Waals surface area contributed by atoms with Crippen molar-refractivity contribution in [2.45, 2.75) is 39.8 Å². The molecule has 0 saturated heterocycles. The minimum atomic E-state index is 0.293. The summed E-state index contributed by atoms with van der Waals surface area (Å²) in [6, 6.07) is 0.675. The zero-order valence-electron chi connectivity index (χ0n) is 8.73. The van der Waals surface area contributed by atoms with E-state index in [1.807, 2.05) is 35.4 Å². The van der Waals surface area contributed by atoms with Crippen molar-refractivity contribution in [2.24, 2.45) is 0 Å². The zero-order valence-corrected chi connectivity index (χ0v) is 8.73. The van der Waals surface area contributed by atoms with Crippen LogP contribution in [0.4, 0.5) is 0 Å². The normalized spacial score (nSPS) is 11.2. The highest BCUT2D eigenvalue weighted by atomic mass is 16.3. The molecular weight excluding hydrogens is 164 g/mol. The lowest BCUT2D eigenvalue weighted by Crippen LogP contribution is -2.44. The Labute approximate surface area is 79.3 Å². The summed E-state index contributed by atoms with van der Waals surface area (Å²) in [6.45, 7) is 8.25. The quantitative estimate of drug-likeness (QED) is 0.682. The minimum Gasteiger partial charge on any atom is -0.455 e. The van der Waals surface area contributed by atoms with Crippen LogP contribution < -0.4 is 9.13 Å². The van der Waals surface area contributed by atoms with Crippen LogP contribution in [0, 0.1) is 0 Å². The van der Waals surface area contributed by atoms with E-state index in [4.69, 9.17) is 0 Å². The van der Waals surface area contributed by atoms with Gasteiger partial charge in [0.05, 0.1) is 0 Å². The summed E-state index contributed by atoms with van der Waals surface area (Å²) in [7, 11) is 0. The number of nitrogens with zero attached hydrogens (tertiary/aromatic N) is 2. The van der Waals surface area contributed by atoms with Crippen LogP contribution in [-0.2, 0) is 0 Å². The van der Waals surface area contributed by atoms with Gasteiger partial charge in [0.25, 0.3) is 6.20 Å². The van der Waals surface area contributed by atoms with E-state index < -0.39 is 0 Å². The Morgan fingerprint density at radius 3 is 2.08 bits per heavy atom. The second-order valence-electron chi connectivity index (χ2n) is 3.83. The van der Waals surface area contributed by atoms with Gasteiger partial charge in [-0.05, 0) is 27.7 Å². The molecule has 1 heterocycles. The fourth-order valence-electron chi connectivity index (χ4n) is 1.23. The van der Waals surface area contributed by atoms with Crippen molar-refractivity contribution < 1.29 is 14.2 Å². The van der Waals surface area contributed by atoms with Gasteiger partial charge in [0.15, 0.2) is 12.1 Å². The van der Waals surface area contributed by atoms with Gasteiger partial charge in [-0.2, -0.15) is 9.13 Å². The van der Waals surface area contributed by atoms with E-state index >= 15 is 0 Å². The Balaban J connectivity index is 3.06. The summed E-state index contributed by atoms with van der Waals surface area (Å²) >= 11 is 0. The Morgan fingerprint density at radius 1 is 1.08 bits per heavy atom. The van der Waals surface area contributed by atoms with Gasteiger partial charge in [-0.1, -0.05) is 0 Å². The minimum absolute atomic E-state index is 0.293. The maximum atomic E-state index is 9.65. The highest BCUT2D eigenvalue weighted by Crippen LogP contribution is 2.02. The molecule has 1 N–H and O–H groups in total. The fourth-order valence-corrected chi connectivity index (χ4v) is 1.23. The van der Waals surface area contributed by atoms with E-state index in [1.165, 1.54) is 0 Å². The molecule has 0 atom stereocenters. The van der Waals surface area contributed by atoms with Gasteiger partial charge >= 0.3 is 5.88 Å². The molecule has 3 heteroatoms. The summed E-state index contributed by atoms with van der Waals surface area (Å²) in [5, 5.41) is 9.65. The van der Waals surface area contributed by atoms with Crippen molar-refractivity contribution in [3.05, 3.63) is 18.6 Å². The van der Waals surface area contributed by atoms with E-state index in [2.05, 4.69) is 13.8 Å². The smallest absolute Gasteiger partial charge is 0.431 e. The topological polar surface area (TPSA) is 28.0 Å². The summed E-state index contributed by atoms with van der Waals surface area (Å²) < 4.78 is 3.81. The molecule has 0 aromatic carbocycles. The molecule has 0 bridgehead atoms. The number of aromatic nitrogens is 2. The van der Waals surface area contributed by atoms with Crippen LogP contribution in [0.5, 0.6) is 5.88 Å². The Morgan fingerprint density at radius 2 is 1.69 bits per heavy atom. The number of hydrogen-bond donors (Lipinski definition) is 1. The predicted octanol–water partition coefficient (Wildman–Crippen LogP) is 1.13. The van der Waals surface area contributed by atoms with Gasteiger partial charge in [0, 0.05) is 0 Å². The van der Waals surface area contributed by atoms with Crippen LogP contribution in [0.3, 0.4) is 0 Å². The molecule has 1 aromatic rings. The number of rotatable bonds is 2. The first-order chi connectivity index (χ1) is 6.02. The van der Waals surface area contributed by atoms with Crippen LogP contribution in [0.1, 0.15) is 39.8 Å². The molecule has 0 spiro atoms. The van der Waals surface area contributed by atoms with Crippen LogP contribution in [-0.4, -0.2) is 5.11 Å². The SMILES string of the molecule is CC(C)[n+]1cc[n+](C(C)C)c(O)c1. The maximum Gasteiger partial charge on any atom is 0.431 e. The van der Waals surface area contributed by atoms with Crippen LogP contribution in [0.15, 0.2) is 18.6 Å². The predicted molar refractivity (Wildman–Crippen MR) is 49.3 cm³/mol. The first-order valence-corrected chi connectivity index (χ1v) is 4.67. The van der Waals surface area contributed by atoms with Crippen molar-refractivity contribution >= 4 is 0 Å². The van der Waals surface area contributed by atoms with Crippen LogP contribution >= 0.6 is 0 Å². The van der Waals surface area contributed by atoms with Crippen LogP contribution in [0.2, 0.25) is 0 Å². The molecular formula is C10H18N2O+2. The van der Waals surface area contributed by atoms with Gasteiger partial charge in [-0.25, -0.2) is 0 Å². The summed E-state index contributed by atoms with van der Waals surface area (Å²) in [5.41, 5.74) is 0. The van der Waals surface area contributed by atoms with Crippen molar-refractivity contribution in [2.75, 3.05) is 0 Å². The highest BCUT2D eigenvalue weighted by Gasteiger charge is 2.19. The molecule has 1 aromatic heterocycles. The second kappa shape index (κ2) is 3.73. The van der Waals surface area contributed by atoms with E-state index in [1.54, 1.807) is 6.20 Å². The molecule has 0 aliphatic rings. The standard InChI is InChI=1S/C10H17N2O/c1-8(2)11-5-6-12(9(3)4)10(13)7-11/h5-9H,1-4H3/q+1/p+1. The molecule has 0 saturated carbocycles. The van der Waals surface area contributed by atoms with Crippen molar-refractivity contribution in [1.82, 2.24) is 0 Å². The third-order valence-electron chi connectivity index (χ3n) is 2.08. The van der Waals surface area contributed by atoms with Gasteiger partial charge in [0.1, 0.15) is 0 Å². The number of aromatic hydroxyl groups is 1.